The Kier molecular flexibility index (Phi) is 16.4. The first-order chi connectivity index (χ1) is 59.8. The van der Waals surface area contributed by atoms with Crippen LogP contribution < -0.4 is 18.9 Å². The second kappa shape index (κ2) is 26.9. The fourth-order valence-electron chi connectivity index (χ4n) is 22.5. The van der Waals surface area contributed by atoms with Crippen molar-refractivity contribution in [3.8, 4) is 64.8 Å². The topological polar surface area (TPSA) is 173 Å². The second-order valence-corrected chi connectivity index (χ2v) is 39.6. The molecular formula is C102H68F6O12S4. The molecule has 4 spiro atoms. The van der Waals surface area contributed by atoms with Crippen LogP contribution in [-0.2, 0) is 44.3 Å². The highest BCUT2D eigenvalue weighted by Gasteiger charge is 2.55. The van der Waals surface area contributed by atoms with Gasteiger partial charge in [-0.3, -0.25) is 38.4 Å². The van der Waals surface area contributed by atoms with Gasteiger partial charge in [0.15, 0.2) is 23.1 Å². The molecule has 0 saturated heterocycles. The molecule has 12 aromatic rings. The van der Waals surface area contributed by atoms with Gasteiger partial charge in [-0.1, -0.05) is 73.5 Å². The first-order valence-corrected chi connectivity index (χ1v) is 45.5. The normalized spacial score (nSPS) is 22.8. The summed E-state index contributed by atoms with van der Waals surface area (Å²) in [5, 5.41) is 3.47. The lowest BCUT2D eigenvalue weighted by atomic mass is 9.63. The van der Waals surface area contributed by atoms with Crippen molar-refractivity contribution in [2.75, 3.05) is 0 Å². The van der Waals surface area contributed by atoms with Crippen molar-refractivity contribution in [1.82, 2.24) is 0 Å². The van der Waals surface area contributed by atoms with E-state index in [2.05, 4.69) is 24.3 Å². The van der Waals surface area contributed by atoms with Gasteiger partial charge in [0.05, 0.1) is 41.8 Å². The SMILES string of the molecule is O=C1C(=O)c2cc(C(F)(F)F)ccc2/C1=C/c1cc2c(s1)-c1cc3c(cc1C1(CCCCC1)O2)-c1sc(/C=C2\C(=O)C(=O)c4cc(C(F)(F)F)ccc42)cc1OC31CCC(C2CCC3(CC2)Oc2cc(C=C4C(=O)c5cc6ccccc6cc5C4=O)sc2-c2cc4c(cc23)-c2sc(C=C3C(=O)c5cc6ccccc6cc5C3=O)cc2OC42CCCCC2)CC1. The number of Topliss-reactive ketones (excluding diaryl/α,β-unsaturated/α-hetero) is 8. The molecule has 0 bridgehead atoms. The molecule has 124 heavy (non-hydrogen) atoms. The minimum atomic E-state index is -4.76. The fourth-order valence-corrected chi connectivity index (χ4v) is 26.7. The van der Waals surface area contributed by atoms with E-state index in [1.165, 1.54) is 57.5 Å². The standard InChI is InChI=1S/C102H68F6O12S4/c103-101(104,105)55-15-17-61-67(35-55)89(113)91(115)69(61)37-57-41-81-93(121-57)71-47-79-73(45-77(71)97(117-81)23-7-1-8-24-97)95-83(42-58(122-95)38-70-62-18-16-56(102(106,107)108)36-68(62)90(114)92(70)116)119-99(79)27-19-49(20-28-99)50-21-29-100(30-22-50)80-48-72-78(46-74(80)96-84(120-100)44-60(124-96)40-76-87(111)65-33-53-13-5-6-14-54(53)34-66(65)88(76)112)98(25-9-2-10-26-98)118-82-43-59(123-94(72)82)39-75-85(109)63-31-51-11-3-4-12-52(51)32-64(63)86(75)110/h3-6,11-18,31-50H,1-2,7-10,19-30H2/b69-37-,70-38-. The van der Waals surface area contributed by atoms with E-state index in [0.29, 0.717) is 103 Å². The Morgan fingerprint density at radius 3 is 0.823 bits per heavy atom. The smallest absolute Gasteiger partial charge is 0.416 e. The van der Waals surface area contributed by atoms with Crippen LogP contribution >= 0.6 is 45.3 Å². The number of carbonyl (C=O) groups excluding carboxylic acids is 8. The van der Waals surface area contributed by atoms with Crippen LogP contribution in [0.4, 0.5) is 26.3 Å². The van der Waals surface area contributed by atoms with E-state index in [-0.39, 0.29) is 79.5 Å². The molecule has 4 saturated carbocycles. The van der Waals surface area contributed by atoms with Gasteiger partial charge in [0.1, 0.15) is 45.4 Å². The Hall–Kier alpha value is -11.8. The van der Waals surface area contributed by atoms with Crippen molar-refractivity contribution < 1.29 is 83.6 Å². The summed E-state index contributed by atoms with van der Waals surface area (Å²) >= 11 is 5.69. The van der Waals surface area contributed by atoms with Gasteiger partial charge in [0, 0.05) is 109 Å². The number of fused-ring (bicyclic) bond motifs is 22. The van der Waals surface area contributed by atoms with E-state index in [0.717, 1.165) is 187 Å². The second-order valence-electron chi connectivity index (χ2n) is 35.3. The molecule has 0 amide bonds. The van der Waals surface area contributed by atoms with Gasteiger partial charge in [-0.15, -0.1) is 45.3 Å². The van der Waals surface area contributed by atoms with E-state index in [1.807, 2.05) is 84.9 Å². The molecule has 12 nitrogen and oxygen atoms in total. The number of allylic oxidation sites excluding steroid dienone is 4. The van der Waals surface area contributed by atoms with Gasteiger partial charge in [-0.25, -0.2) is 0 Å². The zero-order valence-corrected chi connectivity index (χ0v) is 69.3. The molecule has 8 aromatic carbocycles. The summed E-state index contributed by atoms with van der Waals surface area (Å²) in [7, 11) is 0. The number of alkyl halides is 6. The molecule has 24 rings (SSSR count). The van der Waals surface area contributed by atoms with Gasteiger partial charge < -0.3 is 18.9 Å². The maximum Gasteiger partial charge on any atom is 0.416 e. The van der Waals surface area contributed by atoms with E-state index < -0.39 is 69.0 Å². The van der Waals surface area contributed by atoms with E-state index in [4.69, 9.17) is 18.9 Å². The predicted molar refractivity (Wildman–Crippen MR) is 464 cm³/mol. The van der Waals surface area contributed by atoms with Crippen LogP contribution in [0.25, 0.3) is 98.8 Å². The first kappa shape index (κ1) is 75.9. The third kappa shape index (κ3) is 11.3. The molecule has 8 aliphatic carbocycles. The van der Waals surface area contributed by atoms with Crippen molar-refractivity contribution >= 4 is 149 Å². The molecule has 0 N–H and O–H groups in total. The van der Waals surface area contributed by atoms with Crippen molar-refractivity contribution in [2.45, 2.75) is 150 Å². The van der Waals surface area contributed by atoms with Crippen molar-refractivity contribution in [3.63, 3.8) is 0 Å². The molecular weight excluding hydrogens is 1660 g/mol. The van der Waals surface area contributed by atoms with Gasteiger partial charge in [-0.2, -0.15) is 26.3 Å². The summed E-state index contributed by atoms with van der Waals surface area (Å²) in [6.07, 6.45) is 11.0. The number of ether oxygens (including phenoxy) is 4. The lowest BCUT2D eigenvalue weighted by Crippen LogP contribution is -2.44. The van der Waals surface area contributed by atoms with Crippen LogP contribution in [0.2, 0.25) is 0 Å². The largest absolute Gasteiger partial charge is 0.481 e. The maximum atomic E-state index is 14.5. The number of ketones is 8. The summed E-state index contributed by atoms with van der Waals surface area (Å²) in [6.45, 7) is 0. The number of carbonyl (C=O) groups is 8. The summed E-state index contributed by atoms with van der Waals surface area (Å²) < 4.78 is 114. The summed E-state index contributed by atoms with van der Waals surface area (Å²) in [4.78, 5) is 118. The summed E-state index contributed by atoms with van der Waals surface area (Å²) in [5.41, 5.74) is 3.60. The van der Waals surface area contributed by atoms with Crippen molar-refractivity contribution in [2.24, 2.45) is 11.8 Å². The molecule has 12 aliphatic rings. The molecule has 8 heterocycles. The zero-order chi connectivity index (χ0) is 84.3. The molecule has 0 atom stereocenters. The van der Waals surface area contributed by atoms with Crippen LogP contribution in [0.3, 0.4) is 0 Å². The highest BCUT2D eigenvalue weighted by Crippen LogP contribution is 2.66. The number of benzene rings is 8. The summed E-state index contributed by atoms with van der Waals surface area (Å²) in [6, 6.07) is 45.0. The Morgan fingerprint density at radius 2 is 0.540 bits per heavy atom. The van der Waals surface area contributed by atoms with E-state index in [1.54, 1.807) is 36.4 Å². The Morgan fingerprint density at radius 1 is 0.274 bits per heavy atom. The van der Waals surface area contributed by atoms with Crippen LogP contribution in [0.15, 0.2) is 169 Å². The van der Waals surface area contributed by atoms with Gasteiger partial charge in [0.25, 0.3) is 0 Å². The lowest BCUT2D eigenvalue weighted by Gasteiger charge is -2.49. The number of hydrogen-bond donors (Lipinski definition) is 0. The Labute approximate surface area is 720 Å². The first-order valence-electron chi connectivity index (χ1n) is 42.2. The van der Waals surface area contributed by atoms with Gasteiger partial charge in [-0.05, 0) is 269 Å². The zero-order valence-electron chi connectivity index (χ0n) is 66.0. The minimum absolute atomic E-state index is 0.0180. The van der Waals surface area contributed by atoms with E-state index in [9.17, 15) is 64.7 Å². The maximum absolute atomic E-state index is 14.5. The Bertz CT molecular complexity index is 7020. The Balaban J connectivity index is 0.593. The summed E-state index contributed by atoms with van der Waals surface area (Å²) in [5.74, 6) is -2.24. The third-order valence-corrected chi connectivity index (χ3v) is 32.9. The number of rotatable bonds is 5. The molecule has 0 radical (unpaired) electrons. The highest BCUT2D eigenvalue weighted by atomic mass is 32.1. The van der Waals surface area contributed by atoms with Crippen LogP contribution in [0, 0.1) is 11.8 Å². The fraction of sp³-hybridized carbons (Fsp3) is 0.255. The van der Waals surface area contributed by atoms with Crippen molar-refractivity contribution in [1.29, 1.82) is 0 Å². The number of halogens is 6. The molecule has 4 aliphatic heterocycles. The highest BCUT2D eigenvalue weighted by molar-refractivity contribution is 7.18. The molecule has 4 fully saturated rings. The third-order valence-electron chi connectivity index (χ3n) is 28.6. The number of hydrogen-bond acceptors (Lipinski definition) is 16. The monoisotopic (exact) mass is 1730 g/mol. The minimum Gasteiger partial charge on any atom is -0.481 e. The van der Waals surface area contributed by atoms with E-state index >= 15 is 0 Å². The molecule has 4 aromatic heterocycles. The number of thiophene rings is 4. The van der Waals surface area contributed by atoms with Crippen LogP contribution in [0.1, 0.15) is 242 Å². The molecule has 22 heteroatoms. The average molecular weight is 1730 g/mol. The quantitative estimate of drug-likeness (QED) is 0.0691. The van der Waals surface area contributed by atoms with Crippen LogP contribution in [0.5, 0.6) is 23.0 Å². The van der Waals surface area contributed by atoms with Crippen molar-refractivity contribution in [3.05, 3.63) is 266 Å². The molecule has 0 unspecified atom stereocenters. The van der Waals surface area contributed by atoms with Gasteiger partial charge >= 0.3 is 12.4 Å². The van der Waals surface area contributed by atoms with Crippen LogP contribution in [-0.4, -0.2) is 46.3 Å². The average Bonchev–Trinajstić information content (AvgIpc) is 1.32. The van der Waals surface area contributed by atoms with Gasteiger partial charge in [0.2, 0.25) is 23.1 Å². The lowest BCUT2D eigenvalue weighted by molar-refractivity contribution is -0.138. The molecule has 614 valence electrons. The predicted octanol–water partition coefficient (Wildman–Crippen LogP) is 25.8.